The molecule has 1 aromatic rings. The number of ether oxygens (including phenoxy) is 2. The molecule has 7 heteroatoms. The summed E-state index contributed by atoms with van der Waals surface area (Å²) in [7, 11) is 0. The van der Waals surface area contributed by atoms with Gasteiger partial charge >= 0.3 is 0 Å². The molecule has 1 aromatic carbocycles. The molecular formula is C22H35N3O4. The van der Waals surface area contributed by atoms with Gasteiger partial charge in [0.05, 0.1) is 19.8 Å². The second-order valence-electron chi connectivity index (χ2n) is 7.85. The molecule has 1 heterocycles. The quantitative estimate of drug-likeness (QED) is 0.625. The van der Waals surface area contributed by atoms with Gasteiger partial charge in [0.15, 0.2) is 11.5 Å². The standard InChI is InChI=1S/C22H35N3O4/c1-5-28-18-11-10-17(14-19(18)29-6-2)21(27)23-15-20(26)24-16-22(3,4)25-12-8-7-9-13-25/h10-11,14H,5-9,12-13,15-16H2,1-4H3,(H,23,27)(H,24,26). The zero-order valence-corrected chi connectivity index (χ0v) is 18.2. The van der Waals surface area contributed by atoms with Gasteiger partial charge in [-0.1, -0.05) is 6.42 Å². The number of hydrogen-bond acceptors (Lipinski definition) is 5. The molecular weight excluding hydrogens is 370 g/mol. The third kappa shape index (κ3) is 6.92. The van der Waals surface area contributed by atoms with E-state index in [-0.39, 0.29) is 23.9 Å². The first-order valence-electron chi connectivity index (χ1n) is 10.6. The highest BCUT2D eigenvalue weighted by Gasteiger charge is 2.28. The Hall–Kier alpha value is -2.28. The molecule has 0 atom stereocenters. The van der Waals surface area contributed by atoms with Gasteiger partial charge < -0.3 is 20.1 Å². The molecule has 2 N–H and O–H groups in total. The van der Waals surface area contributed by atoms with Gasteiger partial charge in [-0.3, -0.25) is 14.5 Å². The maximum Gasteiger partial charge on any atom is 0.251 e. The Balaban J connectivity index is 1.84. The Morgan fingerprint density at radius 2 is 1.66 bits per heavy atom. The van der Waals surface area contributed by atoms with Crippen LogP contribution in [0.15, 0.2) is 18.2 Å². The Morgan fingerprint density at radius 1 is 1.00 bits per heavy atom. The molecule has 162 valence electrons. The molecule has 0 unspecified atom stereocenters. The van der Waals surface area contributed by atoms with Crippen molar-refractivity contribution in [2.24, 2.45) is 0 Å². The van der Waals surface area contributed by atoms with Crippen LogP contribution in [0.3, 0.4) is 0 Å². The van der Waals surface area contributed by atoms with Crippen molar-refractivity contribution < 1.29 is 19.1 Å². The Kier molecular flexibility index (Phi) is 8.76. The van der Waals surface area contributed by atoms with Crippen LogP contribution in [-0.2, 0) is 4.79 Å². The number of rotatable bonds is 10. The van der Waals surface area contributed by atoms with Crippen molar-refractivity contribution in [2.75, 3.05) is 39.4 Å². The van der Waals surface area contributed by atoms with Crippen molar-refractivity contribution >= 4 is 11.8 Å². The van der Waals surface area contributed by atoms with Crippen LogP contribution in [0, 0.1) is 0 Å². The highest BCUT2D eigenvalue weighted by molar-refractivity contribution is 5.97. The molecule has 0 radical (unpaired) electrons. The third-order valence-corrected chi connectivity index (χ3v) is 5.15. The highest BCUT2D eigenvalue weighted by atomic mass is 16.5. The van der Waals surface area contributed by atoms with Crippen molar-refractivity contribution in [1.82, 2.24) is 15.5 Å². The van der Waals surface area contributed by atoms with Crippen LogP contribution in [0.4, 0.5) is 0 Å². The minimum atomic E-state index is -0.320. The maximum absolute atomic E-state index is 12.4. The van der Waals surface area contributed by atoms with E-state index in [1.807, 2.05) is 13.8 Å². The Labute approximate surface area is 174 Å². The van der Waals surface area contributed by atoms with Gasteiger partial charge in [0.2, 0.25) is 5.91 Å². The average Bonchev–Trinajstić information content (AvgIpc) is 2.73. The summed E-state index contributed by atoms with van der Waals surface area (Å²) in [6.07, 6.45) is 3.69. The zero-order chi connectivity index (χ0) is 21.3. The molecule has 0 aromatic heterocycles. The number of hydrogen-bond donors (Lipinski definition) is 2. The fourth-order valence-corrected chi connectivity index (χ4v) is 3.44. The van der Waals surface area contributed by atoms with Crippen LogP contribution < -0.4 is 20.1 Å². The molecule has 0 aliphatic carbocycles. The van der Waals surface area contributed by atoms with Gasteiger partial charge in [-0.25, -0.2) is 0 Å². The SMILES string of the molecule is CCOc1ccc(C(=O)NCC(=O)NCC(C)(C)N2CCCCC2)cc1OCC. The van der Waals surface area contributed by atoms with Crippen molar-refractivity contribution in [3.8, 4) is 11.5 Å². The molecule has 0 bridgehead atoms. The zero-order valence-electron chi connectivity index (χ0n) is 18.2. The monoisotopic (exact) mass is 405 g/mol. The summed E-state index contributed by atoms with van der Waals surface area (Å²) in [5.74, 6) is 0.608. The molecule has 2 rings (SSSR count). The minimum absolute atomic E-state index is 0.0634. The number of carbonyl (C=O) groups is 2. The summed E-state index contributed by atoms with van der Waals surface area (Å²) in [6, 6.07) is 5.02. The van der Waals surface area contributed by atoms with Gasteiger partial charge in [-0.15, -0.1) is 0 Å². The van der Waals surface area contributed by atoms with E-state index in [9.17, 15) is 9.59 Å². The first-order valence-corrected chi connectivity index (χ1v) is 10.6. The van der Waals surface area contributed by atoms with E-state index >= 15 is 0 Å². The summed E-state index contributed by atoms with van der Waals surface area (Å²) >= 11 is 0. The topological polar surface area (TPSA) is 79.9 Å². The van der Waals surface area contributed by atoms with Crippen LogP contribution in [0.1, 0.15) is 57.3 Å². The second kappa shape index (κ2) is 11.0. The van der Waals surface area contributed by atoms with Crippen LogP contribution >= 0.6 is 0 Å². The molecule has 1 aliphatic rings. The number of amides is 2. The maximum atomic E-state index is 12.4. The number of likely N-dealkylation sites (tertiary alicyclic amines) is 1. The largest absolute Gasteiger partial charge is 0.490 e. The second-order valence-corrected chi connectivity index (χ2v) is 7.85. The Bertz CT molecular complexity index is 685. The molecule has 1 fully saturated rings. The van der Waals surface area contributed by atoms with Crippen LogP contribution in [0.2, 0.25) is 0 Å². The fourth-order valence-electron chi connectivity index (χ4n) is 3.44. The lowest BCUT2D eigenvalue weighted by Crippen LogP contribution is -2.54. The normalized spacial score (nSPS) is 14.9. The van der Waals surface area contributed by atoms with Gasteiger partial charge in [0, 0.05) is 17.6 Å². The third-order valence-electron chi connectivity index (χ3n) is 5.15. The molecule has 29 heavy (non-hydrogen) atoms. The summed E-state index contributed by atoms with van der Waals surface area (Å²) < 4.78 is 11.1. The van der Waals surface area contributed by atoms with Gasteiger partial charge in [0.25, 0.3) is 5.91 Å². The first-order chi connectivity index (χ1) is 13.9. The lowest BCUT2D eigenvalue weighted by molar-refractivity contribution is -0.120. The number of nitrogens with one attached hydrogen (secondary N) is 2. The summed E-state index contributed by atoms with van der Waals surface area (Å²) in [5.41, 5.74) is 0.333. The number of carbonyl (C=O) groups excluding carboxylic acids is 2. The fraction of sp³-hybridized carbons (Fsp3) is 0.636. The number of benzene rings is 1. The predicted molar refractivity (Wildman–Crippen MR) is 114 cm³/mol. The predicted octanol–water partition coefficient (Wildman–Crippen LogP) is 2.59. The van der Waals surface area contributed by atoms with E-state index in [1.54, 1.807) is 18.2 Å². The van der Waals surface area contributed by atoms with Gasteiger partial charge in [0.1, 0.15) is 0 Å². The molecule has 1 aliphatic heterocycles. The average molecular weight is 406 g/mol. The Morgan fingerprint density at radius 3 is 2.31 bits per heavy atom. The summed E-state index contributed by atoms with van der Waals surface area (Å²) in [5, 5.41) is 5.62. The van der Waals surface area contributed by atoms with E-state index in [0.29, 0.717) is 36.8 Å². The van der Waals surface area contributed by atoms with Gasteiger partial charge in [-0.05, 0) is 71.8 Å². The number of nitrogens with zero attached hydrogens (tertiary/aromatic N) is 1. The molecule has 0 spiro atoms. The van der Waals surface area contributed by atoms with E-state index in [4.69, 9.17) is 9.47 Å². The van der Waals surface area contributed by atoms with Gasteiger partial charge in [-0.2, -0.15) is 0 Å². The van der Waals surface area contributed by atoms with Crippen molar-refractivity contribution in [3.63, 3.8) is 0 Å². The van der Waals surface area contributed by atoms with E-state index in [1.165, 1.54) is 19.3 Å². The smallest absolute Gasteiger partial charge is 0.251 e. The highest BCUT2D eigenvalue weighted by Crippen LogP contribution is 2.28. The van der Waals surface area contributed by atoms with Crippen molar-refractivity contribution in [2.45, 2.75) is 52.5 Å². The molecule has 0 saturated carbocycles. The molecule has 2 amide bonds. The van der Waals surface area contributed by atoms with E-state index < -0.39 is 0 Å². The van der Waals surface area contributed by atoms with Crippen LogP contribution in [0.25, 0.3) is 0 Å². The molecule has 1 saturated heterocycles. The van der Waals surface area contributed by atoms with Crippen LogP contribution in [-0.4, -0.2) is 61.6 Å². The van der Waals surface area contributed by atoms with E-state index in [0.717, 1.165) is 13.1 Å². The summed E-state index contributed by atoms with van der Waals surface area (Å²) in [6.45, 7) is 11.7. The molecule has 7 nitrogen and oxygen atoms in total. The van der Waals surface area contributed by atoms with Crippen molar-refractivity contribution in [1.29, 1.82) is 0 Å². The lowest BCUT2D eigenvalue weighted by atomic mass is 9.98. The first kappa shape index (κ1) is 23.0. The minimum Gasteiger partial charge on any atom is -0.490 e. The van der Waals surface area contributed by atoms with Crippen LogP contribution in [0.5, 0.6) is 11.5 Å². The lowest BCUT2D eigenvalue weighted by Gasteiger charge is -2.41. The summed E-state index contributed by atoms with van der Waals surface area (Å²) in [4.78, 5) is 27.1. The van der Waals surface area contributed by atoms with E-state index in [2.05, 4.69) is 29.4 Å². The van der Waals surface area contributed by atoms with Crippen molar-refractivity contribution in [3.05, 3.63) is 23.8 Å². The number of piperidine rings is 1.